The fraction of sp³-hybridized carbons (Fsp3) is 0.111. The number of hydrogen-bond acceptors (Lipinski definition) is 8. The first-order valence-electron chi connectivity index (χ1n) is 8.54. The number of anilines is 3. The van der Waals surface area contributed by atoms with Gasteiger partial charge in [-0.05, 0) is 31.2 Å². The van der Waals surface area contributed by atoms with E-state index in [4.69, 9.17) is 0 Å². The van der Waals surface area contributed by atoms with Gasteiger partial charge in [0.2, 0.25) is 11.0 Å². The Hall–Kier alpha value is -3.51. The van der Waals surface area contributed by atoms with Gasteiger partial charge in [-0.3, -0.25) is 20.2 Å². The number of nitrogens with one attached hydrogen (secondary N) is 3. The number of nitrogens with zero attached hydrogens (tertiary/aromatic N) is 3. The molecule has 0 aliphatic carbocycles. The third-order valence-corrected chi connectivity index (χ3v) is 5.60. The molecule has 0 saturated heterocycles. The van der Waals surface area contributed by atoms with E-state index in [9.17, 15) is 19.7 Å². The Morgan fingerprint density at radius 3 is 2.30 bits per heavy atom. The molecular weight excluding hydrogens is 428 g/mol. The molecule has 0 saturated carbocycles. The average molecular weight is 444 g/mol. The Morgan fingerprint density at radius 2 is 1.63 bits per heavy atom. The van der Waals surface area contributed by atoms with Gasteiger partial charge in [-0.1, -0.05) is 40.8 Å². The number of nitro benzene ring substituents is 1. The van der Waals surface area contributed by atoms with Crippen LogP contribution in [0.4, 0.5) is 27.0 Å². The Balaban J connectivity index is 1.45. The van der Waals surface area contributed by atoms with Crippen LogP contribution in [0.3, 0.4) is 0 Å². The van der Waals surface area contributed by atoms with Crippen LogP contribution in [0.25, 0.3) is 0 Å². The van der Waals surface area contributed by atoms with Crippen LogP contribution in [0.2, 0.25) is 0 Å². The van der Waals surface area contributed by atoms with Gasteiger partial charge >= 0.3 is 6.03 Å². The number of carbonyl (C=O) groups is 2. The number of aromatic nitrogens is 2. The third-order valence-electron chi connectivity index (χ3n) is 3.62. The van der Waals surface area contributed by atoms with E-state index in [-0.39, 0.29) is 17.3 Å². The Bertz CT molecular complexity index is 1050. The van der Waals surface area contributed by atoms with Crippen LogP contribution in [-0.2, 0) is 4.79 Å². The summed E-state index contributed by atoms with van der Waals surface area (Å²) in [7, 11) is 0. The summed E-state index contributed by atoms with van der Waals surface area (Å²) in [6.45, 7) is 1.95. The second-order valence-electron chi connectivity index (χ2n) is 5.96. The highest BCUT2D eigenvalue weighted by atomic mass is 32.2. The molecule has 3 rings (SSSR count). The fourth-order valence-electron chi connectivity index (χ4n) is 2.21. The van der Waals surface area contributed by atoms with Gasteiger partial charge in [0.15, 0.2) is 4.34 Å². The maximum absolute atomic E-state index is 12.0. The van der Waals surface area contributed by atoms with Crippen molar-refractivity contribution in [2.45, 2.75) is 11.3 Å². The molecule has 0 unspecified atom stereocenters. The average Bonchev–Trinajstić information content (AvgIpc) is 3.16. The van der Waals surface area contributed by atoms with Crippen molar-refractivity contribution in [2.75, 3.05) is 21.7 Å². The summed E-state index contributed by atoms with van der Waals surface area (Å²) in [4.78, 5) is 34.2. The lowest BCUT2D eigenvalue weighted by atomic mass is 10.2. The van der Waals surface area contributed by atoms with Gasteiger partial charge in [0.25, 0.3) is 5.69 Å². The molecule has 0 aliphatic heterocycles. The van der Waals surface area contributed by atoms with Crippen molar-refractivity contribution in [1.29, 1.82) is 0 Å². The Morgan fingerprint density at radius 1 is 1.00 bits per heavy atom. The number of carbonyl (C=O) groups excluding carboxylic acids is 2. The third kappa shape index (κ3) is 6.25. The zero-order valence-corrected chi connectivity index (χ0v) is 17.3. The van der Waals surface area contributed by atoms with Gasteiger partial charge in [-0.2, -0.15) is 0 Å². The number of rotatable bonds is 7. The number of urea groups is 1. The first kappa shape index (κ1) is 21.2. The van der Waals surface area contributed by atoms with Crippen LogP contribution in [-0.4, -0.2) is 32.8 Å². The summed E-state index contributed by atoms with van der Waals surface area (Å²) >= 11 is 2.30. The highest BCUT2D eigenvalue weighted by Gasteiger charge is 2.11. The van der Waals surface area contributed by atoms with Gasteiger partial charge in [0, 0.05) is 23.5 Å². The minimum absolute atomic E-state index is 0.0531. The van der Waals surface area contributed by atoms with E-state index in [1.807, 2.05) is 19.1 Å². The first-order valence-corrected chi connectivity index (χ1v) is 10.3. The number of amides is 3. The largest absolute Gasteiger partial charge is 0.325 e. The fourth-order valence-corrected chi connectivity index (χ4v) is 3.75. The van der Waals surface area contributed by atoms with Crippen molar-refractivity contribution in [3.63, 3.8) is 0 Å². The van der Waals surface area contributed by atoms with Gasteiger partial charge < -0.3 is 10.6 Å². The molecule has 0 aliphatic rings. The van der Waals surface area contributed by atoms with Gasteiger partial charge in [0.05, 0.1) is 10.7 Å². The maximum atomic E-state index is 12.0. The predicted molar refractivity (Wildman–Crippen MR) is 116 cm³/mol. The molecule has 0 fully saturated rings. The summed E-state index contributed by atoms with van der Waals surface area (Å²) in [5, 5.41) is 26.7. The molecule has 154 valence electrons. The maximum Gasteiger partial charge on any atom is 0.325 e. The first-order chi connectivity index (χ1) is 14.4. The monoisotopic (exact) mass is 444 g/mol. The highest BCUT2D eigenvalue weighted by Crippen LogP contribution is 2.26. The minimum atomic E-state index is -0.510. The highest BCUT2D eigenvalue weighted by molar-refractivity contribution is 8.01. The van der Waals surface area contributed by atoms with E-state index in [1.54, 1.807) is 12.1 Å². The summed E-state index contributed by atoms with van der Waals surface area (Å²) in [6.07, 6.45) is 0. The summed E-state index contributed by atoms with van der Waals surface area (Å²) < 4.78 is 0.513. The molecule has 0 atom stereocenters. The summed E-state index contributed by atoms with van der Waals surface area (Å²) in [6, 6.07) is 12.5. The molecule has 3 N–H and O–H groups in total. The molecule has 0 spiro atoms. The lowest BCUT2D eigenvalue weighted by Crippen LogP contribution is -2.19. The zero-order chi connectivity index (χ0) is 21.5. The van der Waals surface area contributed by atoms with Gasteiger partial charge in [-0.25, -0.2) is 4.79 Å². The van der Waals surface area contributed by atoms with Crippen LogP contribution in [0.1, 0.15) is 5.56 Å². The lowest BCUT2D eigenvalue weighted by molar-refractivity contribution is -0.384. The summed E-state index contributed by atoms with van der Waals surface area (Å²) in [5.74, 6) is -0.225. The Kier molecular flexibility index (Phi) is 6.93. The number of benzene rings is 2. The van der Waals surface area contributed by atoms with Crippen molar-refractivity contribution in [3.05, 3.63) is 64.2 Å². The van der Waals surface area contributed by atoms with Crippen molar-refractivity contribution in [3.8, 4) is 0 Å². The van der Waals surface area contributed by atoms with E-state index in [1.165, 1.54) is 24.3 Å². The van der Waals surface area contributed by atoms with Crippen molar-refractivity contribution >= 4 is 57.2 Å². The van der Waals surface area contributed by atoms with Crippen molar-refractivity contribution in [2.24, 2.45) is 0 Å². The molecular formula is C18H16N6O4S2. The minimum Gasteiger partial charge on any atom is -0.325 e. The number of aryl methyl sites for hydroxylation is 1. The van der Waals surface area contributed by atoms with Crippen LogP contribution in [0.15, 0.2) is 52.9 Å². The number of hydrogen-bond donors (Lipinski definition) is 3. The smallest absolute Gasteiger partial charge is 0.325 e. The second-order valence-corrected chi connectivity index (χ2v) is 8.16. The van der Waals surface area contributed by atoms with Crippen LogP contribution in [0.5, 0.6) is 0 Å². The van der Waals surface area contributed by atoms with Gasteiger partial charge in [0.1, 0.15) is 0 Å². The predicted octanol–water partition coefficient (Wildman–Crippen LogP) is 4.13. The van der Waals surface area contributed by atoms with Crippen LogP contribution < -0.4 is 16.0 Å². The van der Waals surface area contributed by atoms with Crippen molar-refractivity contribution in [1.82, 2.24) is 10.2 Å². The van der Waals surface area contributed by atoms with E-state index >= 15 is 0 Å². The number of non-ortho nitro benzene ring substituents is 1. The van der Waals surface area contributed by atoms with E-state index in [0.29, 0.717) is 20.8 Å². The number of nitro groups is 1. The Labute approximate surface area is 179 Å². The molecule has 30 heavy (non-hydrogen) atoms. The van der Waals surface area contributed by atoms with E-state index < -0.39 is 11.0 Å². The lowest BCUT2D eigenvalue weighted by Gasteiger charge is -2.05. The van der Waals surface area contributed by atoms with Crippen LogP contribution >= 0.6 is 23.1 Å². The van der Waals surface area contributed by atoms with Crippen LogP contribution in [0, 0.1) is 17.0 Å². The van der Waals surface area contributed by atoms with Crippen molar-refractivity contribution < 1.29 is 14.5 Å². The van der Waals surface area contributed by atoms with E-state index in [0.717, 1.165) is 28.7 Å². The molecule has 10 nitrogen and oxygen atoms in total. The molecule has 0 bridgehead atoms. The normalized spacial score (nSPS) is 10.3. The quantitative estimate of drug-likeness (QED) is 0.215. The molecule has 0 radical (unpaired) electrons. The topological polar surface area (TPSA) is 139 Å². The molecule has 3 aromatic rings. The molecule has 1 heterocycles. The van der Waals surface area contributed by atoms with Gasteiger partial charge in [-0.15, -0.1) is 10.2 Å². The molecule has 3 amide bonds. The molecule has 12 heteroatoms. The SMILES string of the molecule is Cc1ccc(NC(=O)Nc2nnc(SCC(=O)Nc3ccc([N+](=O)[O-])cc3)s2)cc1. The molecule has 1 aromatic heterocycles. The zero-order valence-electron chi connectivity index (χ0n) is 15.6. The second kappa shape index (κ2) is 9.80. The standard InChI is InChI=1S/C18H16N6O4S2/c1-11-2-4-13(5-3-11)20-16(26)21-17-22-23-18(30-17)29-10-15(25)19-12-6-8-14(9-7-12)24(27)28/h2-9H,10H2,1H3,(H,19,25)(H2,20,21,22,26). The molecule has 2 aromatic carbocycles. The van der Waals surface area contributed by atoms with E-state index in [2.05, 4.69) is 26.1 Å². The number of thioether (sulfide) groups is 1. The summed E-state index contributed by atoms with van der Waals surface area (Å²) in [5.41, 5.74) is 2.14.